The van der Waals surface area contributed by atoms with E-state index in [1.807, 2.05) is 18.2 Å². The number of halogens is 2. The number of ether oxygens (including phenoxy) is 1. The van der Waals surface area contributed by atoms with E-state index in [9.17, 15) is 4.79 Å². The van der Waals surface area contributed by atoms with Gasteiger partial charge in [0, 0.05) is 5.56 Å². The number of carbonyl (C=O) groups excluding carboxylic acids is 1. The Morgan fingerprint density at radius 1 is 1.05 bits per heavy atom. The van der Waals surface area contributed by atoms with Crippen LogP contribution >= 0.6 is 38.5 Å². The van der Waals surface area contributed by atoms with Crippen LogP contribution in [0.25, 0.3) is 10.8 Å². The quantitative estimate of drug-likeness (QED) is 0.369. The Kier molecular flexibility index (Phi) is 4.78. The van der Waals surface area contributed by atoms with Gasteiger partial charge in [-0.2, -0.15) is 0 Å². The molecule has 0 saturated carbocycles. The van der Waals surface area contributed by atoms with Crippen molar-refractivity contribution in [3.05, 3.63) is 73.8 Å². The number of hydrogen-bond acceptors (Lipinski definition) is 2. The molecule has 0 bridgehead atoms. The van der Waals surface area contributed by atoms with E-state index in [2.05, 4.69) is 68.9 Å². The molecule has 0 N–H and O–H groups in total. The van der Waals surface area contributed by atoms with Gasteiger partial charge in [0.2, 0.25) is 0 Å². The Balaban J connectivity index is 1.83. The van der Waals surface area contributed by atoms with Crippen molar-refractivity contribution in [2.75, 3.05) is 0 Å². The predicted octanol–water partition coefficient (Wildman–Crippen LogP) is 5.60. The van der Waals surface area contributed by atoms with Crippen molar-refractivity contribution in [1.82, 2.24) is 0 Å². The maximum Gasteiger partial charge on any atom is 0.150 e. The first kappa shape index (κ1) is 15.5. The molecule has 3 aromatic carbocycles. The van der Waals surface area contributed by atoms with E-state index >= 15 is 0 Å². The van der Waals surface area contributed by atoms with Gasteiger partial charge in [-0.05, 0) is 73.1 Å². The first-order valence-electron chi connectivity index (χ1n) is 6.72. The Morgan fingerprint density at radius 3 is 2.55 bits per heavy atom. The minimum atomic E-state index is 0.486. The number of carbonyl (C=O) groups is 1. The number of benzene rings is 3. The SMILES string of the molecule is O=Cc1cc(Br)c(OCc2ccc3ccccc3c2)c(I)c1. The van der Waals surface area contributed by atoms with Crippen molar-refractivity contribution in [3.8, 4) is 5.75 Å². The molecule has 0 aromatic heterocycles. The lowest BCUT2D eigenvalue weighted by Crippen LogP contribution is -1.99. The van der Waals surface area contributed by atoms with Crippen molar-refractivity contribution >= 4 is 55.6 Å². The third-order valence-electron chi connectivity index (χ3n) is 3.35. The largest absolute Gasteiger partial charge is 0.487 e. The molecule has 0 saturated heterocycles. The molecular formula is C18H12BrIO2. The highest BCUT2D eigenvalue weighted by Crippen LogP contribution is 2.32. The molecule has 0 unspecified atom stereocenters. The van der Waals surface area contributed by atoms with Crippen LogP contribution in [0, 0.1) is 3.57 Å². The number of aldehydes is 1. The van der Waals surface area contributed by atoms with Crippen molar-refractivity contribution in [3.63, 3.8) is 0 Å². The van der Waals surface area contributed by atoms with Crippen LogP contribution in [0.4, 0.5) is 0 Å². The number of hydrogen-bond donors (Lipinski definition) is 0. The Morgan fingerprint density at radius 2 is 1.82 bits per heavy atom. The fourth-order valence-corrected chi connectivity index (χ4v) is 4.04. The van der Waals surface area contributed by atoms with Gasteiger partial charge in [0.15, 0.2) is 0 Å². The molecular weight excluding hydrogens is 455 g/mol. The highest BCUT2D eigenvalue weighted by molar-refractivity contribution is 14.1. The molecule has 0 aliphatic rings. The van der Waals surface area contributed by atoms with Gasteiger partial charge in [0.05, 0.1) is 8.04 Å². The smallest absolute Gasteiger partial charge is 0.150 e. The second-order valence-electron chi connectivity index (χ2n) is 4.90. The third-order valence-corrected chi connectivity index (χ3v) is 4.74. The first-order valence-corrected chi connectivity index (χ1v) is 8.59. The van der Waals surface area contributed by atoms with Crippen LogP contribution in [0.2, 0.25) is 0 Å². The molecule has 2 nitrogen and oxygen atoms in total. The topological polar surface area (TPSA) is 26.3 Å². The van der Waals surface area contributed by atoms with E-state index in [4.69, 9.17) is 4.74 Å². The van der Waals surface area contributed by atoms with Crippen molar-refractivity contribution < 1.29 is 9.53 Å². The molecule has 0 spiro atoms. The molecule has 0 atom stereocenters. The molecule has 22 heavy (non-hydrogen) atoms. The summed E-state index contributed by atoms with van der Waals surface area (Å²) in [5.74, 6) is 0.763. The first-order chi connectivity index (χ1) is 10.7. The summed E-state index contributed by atoms with van der Waals surface area (Å²) in [6.45, 7) is 0.486. The van der Waals surface area contributed by atoms with Gasteiger partial charge in [0.25, 0.3) is 0 Å². The summed E-state index contributed by atoms with van der Waals surface area (Å²) in [6, 6.07) is 18.1. The van der Waals surface area contributed by atoms with Gasteiger partial charge in [-0.3, -0.25) is 4.79 Å². The molecule has 3 aromatic rings. The van der Waals surface area contributed by atoms with Gasteiger partial charge in [-0.15, -0.1) is 0 Å². The second-order valence-corrected chi connectivity index (χ2v) is 6.92. The summed E-state index contributed by atoms with van der Waals surface area (Å²) in [6.07, 6.45) is 0.833. The van der Waals surface area contributed by atoms with E-state index in [-0.39, 0.29) is 0 Å². The zero-order chi connectivity index (χ0) is 15.5. The van der Waals surface area contributed by atoms with Crippen LogP contribution in [0.1, 0.15) is 15.9 Å². The van der Waals surface area contributed by atoms with Gasteiger partial charge in [-0.25, -0.2) is 0 Å². The highest BCUT2D eigenvalue weighted by atomic mass is 127. The van der Waals surface area contributed by atoms with E-state index in [1.165, 1.54) is 10.8 Å². The van der Waals surface area contributed by atoms with Crippen molar-refractivity contribution in [2.45, 2.75) is 6.61 Å². The Hall–Kier alpha value is -1.40. The number of rotatable bonds is 4. The van der Waals surface area contributed by atoms with Crippen LogP contribution in [0.15, 0.2) is 59.1 Å². The van der Waals surface area contributed by atoms with Gasteiger partial charge < -0.3 is 4.74 Å². The van der Waals surface area contributed by atoms with Crippen LogP contribution < -0.4 is 4.74 Å². The Labute approximate surface area is 150 Å². The van der Waals surface area contributed by atoms with E-state index in [0.29, 0.717) is 12.2 Å². The van der Waals surface area contributed by atoms with E-state index in [1.54, 1.807) is 6.07 Å². The maximum atomic E-state index is 10.9. The summed E-state index contributed by atoms with van der Waals surface area (Å²) in [4.78, 5) is 10.9. The minimum absolute atomic E-state index is 0.486. The zero-order valence-corrected chi connectivity index (χ0v) is 15.3. The second kappa shape index (κ2) is 6.79. The lowest BCUT2D eigenvalue weighted by Gasteiger charge is -2.11. The molecule has 0 amide bonds. The van der Waals surface area contributed by atoms with Gasteiger partial charge in [-0.1, -0.05) is 36.4 Å². The lowest BCUT2D eigenvalue weighted by atomic mass is 10.1. The fraction of sp³-hybridized carbons (Fsp3) is 0.0556. The maximum absolute atomic E-state index is 10.9. The molecule has 0 aliphatic heterocycles. The number of fused-ring (bicyclic) bond motifs is 1. The van der Waals surface area contributed by atoms with Crippen LogP contribution in [-0.4, -0.2) is 6.29 Å². The average molecular weight is 467 g/mol. The monoisotopic (exact) mass is 466 g/mol. The molecule has 0 heterocycles. The molecule has 0 fully saturated rings. The molecule has 0 radical (unpaired) electrons. The van der Waals surface area contributed by atoms with Gasteiger partial charge >= 0.3 is 0 Å². The molecule has 4 heteroatoms. The van der Waals surface area contributed by atoms with E-state index in [0.717, 1.165) is 25.6 Å². The van der Waals surface area contributed by atoms with Crippen LogP contribution in [0.5, 0.6) is 5.75 Å². The molecule has 0 aliphatic carbocycles. The molecule has 3 rings (SSSR count). The summed E-state index contributed by atoms with van der Waals surface area (Å²) >= 11 is 5.64. The van der Waals surface area contributed by atoms with E-state index < -0.39 is 0 Å². The lowest BCUT2D eigenvalue weighted by molar-refractivity contribution is 0.112. The highest BCUT2D eigenvalue weighted by Gasteiger charge is 2.09. The summed E-state index contributed by atoms with van der Waals surface area (Å²) < 4.78 is 7.64. The standard InChI is InChI=1S/C18H12BrIO2/c19-16-8-13(10-21)9-17(20)18(16)22-11-12-5-6-14-3-1-2-4-15(14)7-12/h1-10H,11H2. The Bertz CT molecular complexity index is 822. The van der Waals surface area contributed by atoms with Crippen LogP contribution in [-0.2, 0) is 6.61 Å². The fourth-order valence-electron chi connectivity index (χ4n) is 2.27. The summed E-state index contributed by atoms with van der Waals surface area (Å²) in [7, 11) is 0. The minimum Gasteiger partial charge on any atom is -0.487 e. The van der Waals surface area contributed by atoms with Crippen LogP contribution in [0.3, 0.4) is 0 Å². The van der Waals surface area contributed by atoms with Gasteiger partial charge in [0.1, 0.15) is 18.6 Å². The average Bonchev–Trinajstić information content (AvgIpc) is 2.53. The van der Waals surface area contributed by atoms with Crippen molar-refractivity contribution in [2.24, 2.45) is 0 Å². The normalized spacial score (nSPS) is 10.6. The third kappa shape index (κ3) is 3.33. The van der Waals surface area contributed by atoms with Crippen molar-refractivity contribution in [1.29, 1.82) is 0 Å². The summed E-state index contributed by atoms with van der Waals surface area (Å²) in [5.41, 5.74) is 1.75. The zero-order valence-electron chi connectivity index (χ0n) is 11.6. The molecule has 110 valence electrons. The predicted molar refractivity (Wildman–Crippen MR) is 101 cm³/mol. The summed E-state index contributed by atoms with van der Waals surface area (Å²) in [5, 5.41) is 2.42.